The van der Waals surface area contributed by atoms with Crippen molar-refractivity contribution >= 4 is 26.3 Å². The molecule has 0 heterocycles. The maximum Gasteiger partial charge on any atom is 0.331 e. The Kier molecular flexibility index (Phi) is 10.3. The molecule has 0 aromatic heterocycles. The number of fused-ring (bicyclic) bond motifs is 1. The molecular formula is C32H57F2NO2SSi2. The Morgan fingerprint density at radius 2 is 1.62 bits per heavy atom. The first-order valence-electron chi connectivity index (χ1n) is 15.8. The average Bonchev–Trinajstić information content (AvgIpc) is 3.24. The molecule has 230 valence electrons. The standard InChI is InChI=1S/C32H57F2NO2SSi2/c1-11-40(12-2,13-3)37-29-20-17-23-31(8)27(21-22-28(29)31)25(4)24-32(33,34)38(36,26-18-15-14-16-19-26)35-39(9,10)30(5,6)7/h14-16,18-19,25,27-29H,11-13,17,20-24H2,1-10H3/t25-,27-,28+,29+,31-,38-/m1/s1. The molecule has 0 spiro atoms. The number of halogens is 2. The summed E-state index contributed by atoms with van der Waals surface area (Å²) in [6, 6.07) is 11.8. The molecule has 0 N–H and O–H groups in total. The Balaban J connectivity index is 1.94. The summed E-state index contributed by atoms with van der Waals surface area (Å²) in [5.41, 5.74) is -0.0159. The third kappa shape index (κ3) is 6.35. The number of nitrogens with zero attached hydrogens (tertiary/aromatic N) is 1. The van der Waals surface area contributed by atoms with Crippen molar-refractivity contribution in [2.75, 3.05) is 0 Å². The van der Waals surface area contributed by atoms with E-state index in [1.165, 1.54) is 0 Å². The average molecular weight is 614 g/mol. The Hall–Kier alpha value is -0.576. The van der Waals surface area contributed by atoms with E-state index in [-0.39, 0.29) is 33.3 Å². The fourth-order valence-electron chi connectivity index (χ4n) is 7.54. The highest BCUT2D eigenvalue weighted by atomic mass is 32.2. The van der Waals surface area contributed by atoms with Crippen LogP contribution in [0.4, 0.5) is 8.78 Å². The van der Waals surface area contributed by atoms with Crippen molar-refractivity contribution in [2.45, 2.75) is 146 Å². The summed E-state index contributed by atoms with van der Waals surface area (Å²) in [5, 5.41) is -3.71. The molecule has 2 fully saturated rings. The molecule has 0 radical (unpaired) electrons. The maximum atomic E-state index is 16.6. The normalized spacial score (nSPS) is 28.6. The number of hydrogen-bond acceptors (Lipinski definition) is 3. The van der Waals surface area contributed by atoms with Crippen LogP contribution >= 0.6 is 0 Å². The van der Waals surface area contributed by atoms with E-state index in [4.69, 9.17) is 8.45 Å². The van der Waals surface area contributed by atoms with Gasteiger partial charge in [0.1, 0.15) is 9.73 Å². The lowest BCUT2D eigenvalue weighted by atomic mass is 9.61. The topological polar surface area (TPSA) is 38.7 Å². The number of alkyl halides is 2. The summed E-state index contributed by atoms with van der Waals surface area (Å²) in [7, 11) is -8.37. The van der Waals surface area contributed by atoms with E-state index in [1.807, 2.05) is 40.8 Å². The van der Waals surface area contributed by atoms with E-state index in [0.717, 1.165) is 50.2 Å². The molecular weight excluding hydrogens is 557 g/mol. The summed E-state index contributed by atoms with van der Waals surface area (Å²) in [4.78, 5) is 0.165. The lowest BCUT2D eigenvalue weighted by Crippen LogP contribution is -2.49. The molecule has 0 aliphatic heterocycles. The Morgan fingerprint density at radius 1 is 1.05 bits per heavy atom. The van der Waals surface area contributed by atoms with Crippen molar-refractivity contribution in [3.8, 4) is 0 Å². The van der Waals surface area contributed by atoms with Gasteiger partial charge in [0, 0.05) is 12.5 Å². The van der Waals surface area contributed by atoms with Gasteiger partial charge >= 0.3 is 5.25 Å². The maximum absolute atomic E-state index is 16.6. The first-order valence-corrected chi connectivity index (χ1v) is 22.8. The van der Waals surface area contributed by atoms with Crippen molar-refractivity contribution in [3.63, 3.8) is 0 Å². The van der Waals surface area contributed by atoms with E-state index in [2.05, 4.69) is 27.7 Å². The summed E-state index contributed by atoms with van der Waals surface area (Å²) in [6.07, 6.45) is 5.12. The SMILES string of the molecule is CC[Si](CC)(CC)O[C@H]1CCC[C@]2(C)[C@@H]([C@H](C)CC(F)(F)[S@@](=O)(=N[Si](C)(C)C(C)(C)C)c3ccccc3)CC[C@@H]12. The first kappa shape index (κ1) is 33.9. The molecule has 0 saturated heterocycles. The van der Waals surface area contributed by atoms with Gasteiger partial charge in [-0.2, -0.15) is 8.78 Å². The first-order chi connectivity index (χ1) is 18.4. The van der Waals surface area contributed by atoms with E-state index >= 15 is 8.78 Å². The van der Waals surface area contributed by atoms with Crippen LogP contribution < -0.4 is 0 Å². The molecule has 3 rings (SSSR count). The fraction of sp³-hybridized carbons (Fsp3) is 0.812. The van der Waals surface area contributed by atoms with Crippen LogP contribution in [0.3, 0.4) is 0 Å². The van der Waals surface area contributed by atoms with Gasteiger partial charge in [-0.3, -0.25) is 4.03 Å². The summed E-state index contributed by atoms with van der Waals surface area (Å²) in [5.74, 6) is 0.339. The van der Waals surface area contributed by atoms with Gasteiger partial charge in [0.25, 0.3) is 0 Å². The Labute approximate surface area is 247 Å². The van der Waals surface area contributed by atoms with Crippen molar-refractivity contribution in [3.05, 3.63) is 30.3 Å². The molecule has 0 unspecified atom stereocenters. The van der Waals surface area contributed by atoms with Crippen LogP contribution in [-0.4, -0.2) is 32.1 Å². The van der Waals surface area contributed by atoms with E-state index in [0.29, 0.717) is 5.92 Å². The molecule has 2 aliphatic carbocycles. The lowest BCUT2D eigenvalue weighted by molar-refractivity contribution is -0.0302. The van der Waals surface area contributed by atoms with Gasteiger partial charge in [0.2, 0.25) is 0 Å². The zero-order valence-electron chi connectivity index (χ0n) is 27.0. The van der Waals surface area contributed by atoms with Crippen LogP contribution in [0, 0.1) is 23.2 Å². The molecule has 1 aromatic carbocycles. The zero-order valence-corrected chi connectivity index (χ0v) is 29.8. The van der Waals surface area contributed by atoms with Crippen LogP contribution in [0.25, 0.3) is 0 Å². The Morgan fingerprint density at radius 3 is 2.15 bits per heavy atom. The van der Waals surface area contributed by atoms with Crippen molar-refractivity contribution in [1.82, 2.24) is 0 Å². The van der Waals surface area contributed by atoms with Gasteiger partial charge in [0.05, 0.1) is 4.90 Å². The Bertz CT molecular complexity index is 1100. The van der Waals surface area contributed by atoms with Gasteiger partial charge < -0.3 is 4.43 Å². The molecule has 8 heteroatoms. The quantitative estimate of drug-likeness (QED) is 0.233. The minimum atomic E-state index is -3.97. The van der Waals surface area contributed by atoms with Crippen LogP contribution in [-0.2, 0) is 14.2 Å². The van der Waals surface area contributed by atoms with Gasteiger partial charge in [-0.25, -0.2) is 4.21 Å². The number of hydrogen-bond donors (Lipinski definition) is 0. The summed E-state index contributed by atoms with van der Waals surface area (Å²) in [6.45, 7) is 21.2. The molecule has 0 amide bonds. The van der Waals surface area contributed by atoms with Crippen LogP contribution in [0.2, 0.25) is 36.3 Å². The monoisotopic (exact) mass is 613 g/mol. The molecule has 2 saturated carbocycles. The van der Waals surface area contributed by atoms with Crippen LogP contribution in [0.5, 0.6) is 0 Å². The molecule has 3 nitrogen and oxygen atoms in total. The van der Waals surface area contributed by atoms with Crippen LogP contribution in [0.15, 0.2) is 39.3 Å². The highest BCUT2D eigenvalue weighted by Gasteiger charge is 2.56. The lowest BCUT2D eigenvalue weighted by Gasteiger charge is -2.49. The second-order valence-corrected chi connectivity index (χ2v) is 26.8. The summed E-state index contributed by atoms with van der Waals surface area (Å²) < 4.78 is 59.6. The van der Waals surface area contributed by atoms with Crippen molar-refractivity contribution in [2.24, 2.45) is 27.2 Å². The van der Waals surface area contributed by atoms with E-state index in [9.17, 15) is 4.21 Å². The number of rotatable bonds is 11. The highest BCUT2D eigenvalue weighted by molar-refractivity contribution is 7.95. The number of benzene rings is 1. The molecule has 0 bridgehead atoms. The van der Waals surface area contributed by atoms with Crippen LogP contribution in [0.1, 0.15) is 93.9 Å². The summed E-state index contributed by atoms with van der Waals surface area (Å²) >= 11 is 0. The second-order valence-electron chi connectivity index (χ2n) is 14.6. The van der Waals surface area contributed by atoms with Gasteiger partial charge in [-0.15, -0.1) is 0 Å². The largest absolute Gasteiger partial charge is 0.414 e. The minimum Gasteiger partial charge on any atom is -0.414 e. The smallest absolute Gasteiger partial charge is 0.331 e. The van der Waals surface area contributed by atoms with Crippen molar-refractivity contribution in [1.29, 1.82) is 0 Å². The third-order valence-electron chi connectivity index (χ3n) is 11.4. The molecule has 6 atom stereocenters. The second kappa shape index (κ2) is 12.2. The zero-order chi connectivity index (χ0) is 30.2. The van der Waals surface area contributed by atoms with E-state index in [1.54, 1.807) is 30.3 Å². The predicted molar refractivity (Wildman–Crippen MR) is 171 cm³/mol. The molecule has 1 aromatic rings. The minimum absolute atomic E-state index is 0.0159. The predicted octanol–water partition coefficient (Wildman–Crippen LogP) is 10.7. The van der Waals surface area contributed by atoms with Gasteiger partial charge in [-0.05, 0) is 97.2 Å². The van der Waals surface area contributed by atoms with Gasteiger partial charge in [0.15, 0.2) is 16.6 Å². The van der Waals surface area contributed by atoms with Gasteiger partial charge in [-0.1, -0.05) is 80.0 Å². The van der Waals surface area contributed by atoms with E-state index < -0.39 is 38.0 Å². The molecule has 40 heavy (non-hydrogen) atoms. The third-order valence-corrected chi connectivity index (χ3v) is 24.5. The fourth-order valence-corrected chi connectivity index (χ4v) is 16.4. The highest BCUT2D eigenvalue weighted by Crippen LogP contribution is 2.60. The van der Waals surface area contributed by atoms with Crippen molar-refractivity contribution < 1.29 is 17.4 Å². The molecule has 2 aliphatic rings.